The Bertz CT molecular complexity index is 1440. The zero-order valence-electron chi connectivity index (χ0n) is 19.7. The SMILES string of the molecule is CNC(=O)[C@H](Cc1ccccc1)N(Cc1c(Cl)cccc1Cl)C(=O)CN1C(=O)c2ccccc2S1(=O)=O. The largest absolute Gasteiger partial charge is 0.357 e. The van der Waals surface area contributed by atoms with Gasteiger partial charge in [-0.05, 0) is 29.8 Å². The first-order chi connectivity index (χ1) is 17.6. The monoisotopic (exact) mass is 559 g/mol. The molecule has 1 aliphatic rings. The van der Waals surface area contributed by atoms with Gasteiger partial charge >= 0.3 is 0 Å². The van der Waals surface area contributed by atoms with Crippen molar-refractivity contribution in [2.45, 2.75) is 23.9 Å². The summed E-state index contributed by atoms with van der Waals surface area (Å²) >= 11 is 12.7. The molecule has 3 aromatic carbocycles. The van der Waals surface area contributed by atoms with E-state index in [2.05, 4.69) is 5.32 Å². The first-order valence-electron chi connectivity index (χ1n) is 11.3. The molecule has 0 radical (unpaired) electrons. The van der Waals surface area contributed by atoms with Crippen molar-refractivity contribution in [3.8, 4) is 0 Å². The van der Waals surface area contributed by atoms with Crippen LogP contribution < -0.4 is 5.32 Å². The van der Waals surface area contributed by atoms with Gasteiger partial charge in [0.15, 0.2) is 0 Å². The van der Waals surface area contributed by atoms with Crippen LogP contribution in [0.3, 0.4) is 0 Å². The lowest BCUT2D eigenvalue weighted by atomic mass is 10.0. The summed E-state index contributed by atoms with van der Waals surface area (Å²) in [5.41, 5.74) is 1.15. The smallest absolute Gasteiger partial charge is 0.269 e. The highest BCUT2D eigenvalue weighted by atomic mass is 35.5. The first-order valence-corrected chi connectivity index (χ1v) is 13.5. The van der Waals surface area contributed by atoms with E-state index in [1.807, 2.05) is 18.2 Å². The third kappa shape index (κ3) is 5.34. The molecule has 3 aromatic rings. The number of rotatable bonds is 8. The van der Waals surface area contributed by atoms with E-state index in [0.29, 0.717) is 9.87 Å². The molecular weight excluding hydrogens is 537 g/mol. The van der Waals surface area contributed by atoms with Gasteiger partial charge in [0.05, 0.1) is 5.56 Å². The molecule has 1 heterocycles. The molecule has 0 aromatic heterocycles. The van der Waals surface area contributed by atoms with Crippen LogP contribution in [0.25, 0.3) is 0 Å². The van der Waals surface area contributed by atoms with Gasteiger partial charge < -0.3 is 10.2 Å². The summed E-state index contributed by atoms with van der Waals surface area (Å²) in [7, 11) is -2.80. The Hall–Kier alpha value is -3.40. The third-order valence-corrected chi connectivity index (χ3v) is 8.59. The van der Waals surface area contributed by atoms with Crippen molar-refractivity contribution in [2.24, 2.45) is 0 Å². The number of nitrogens with one attached hydrogen (secondary N) is 1. The van der Waals surface area contributed by atoms with Gasteiger partial charge in [0.2, 0.25) is 11.8 Å². The molecule has 192 valence electrons. The predicted octanol–water partition coefficient (Wildman–Crippen LogP) is 3.52. The standard InChI is InChI=1S/C26H23Cl2N3O5S/c1-29-25(33)22(14-17-8-3-2-4-9-17)30(15-19-20(27)11-7-12-21(19)28)24(32)16-31-26(34)18-10-5-6-13-23(18)37(31,35)36/h2-13,22H,14-16H2,1H3,(H,29,33)/t22-/m0/s1. The second-order valence-electron chi connectivity index (χ2n) is 8.35. The van der Waals surface area contributed by atoms with Gasteiger partial charge in [-0.25, -0.2) is 12.7 Å². The number of likely N-dealkylation sites (N-methyl/N-ethyl adjacent to an activating group) is 1. The average Bonchev–Trinajstić information content (AvgIpc) is 3.08. The molecule has 0 spiro atoms. The van der Waals surface area contributed by atoms with Crippen LogP contribution in [-0.2, 0) is 32.6 Å². The molecule has 1 N–H and O–H groups in total. The van der Waals surface area contributed by atoms with Gasteiger partial charge in [0, 0.05) is 35.6 Å². The summed E-state index contributed by atoms with van der Waals surface area (Å²) in [5, 5.41) is 3.12. The van der Waals surface area contributed by atoms with Crippen LogP contribution in [0, 0.1) is 0 Å². The highest BCUT2D eigenvalue weighted by Crippen LogP contribution is 2.31. The van der Waals surface area contributed by atoms with Crippen LogP contribution in [0.1, 0.15) is 21.5 Å². The normalized spacial score (nSPS) is 14.7. The Kier molecular flexibility index (Phi) is 7.87. The topological polar surface area (TPSA) is 104 Å². The maximum Gasteiger partial charge on any atom is 0.269 e. The highest BCUT2D eigenvalue weighted by molar-refractivity contribution is 7.90. The predicted molar refractivity (Wildman–Crippen MR) is 140 cm³/mol. The number of nitrogens with zero attached hydrogens (tertiary/aromatic N) is 2. The summed E-state index contributed by atoms with van der Waals surface area (Å²) in [5.74, 6) is -2.04. The number of carbonyl (C=O) groups excluding carboxylic acids is 3. The van der Waals surface area contributed by atoms with E-state index in [1.54, 1.807) is 36.4 Å². The van der Waals surface area contributed by atoms with Crippen LogP contribution in [0.4, 0.5) is 0 Å². The highest BCUT2D eigenvalue weighted by Gasteiger charge is 2.43. The van der Waals surface area contributed by atoms with Gasteiger partial charge in [0.1, 0.15) is 17.5 Å². The van der Waals surface area contributed by atoms with Crippen molar-refractivity contribution in [2.75, 3.05) is 13.6 Å². The maximum absolute atomic E-state index is 13.8. The molecule has 0 saturated carbocycles. The minimum Gasteiger partial charge on any atom is -0.357 e. The minimum atomic E-state index is -4.24. The van der Waals surface area contributed by atoms with Crippen LogP contribution in [-0.4, -0.2) is 55.0 Å². The lowest BCUT2D eigenvalue weighted by Gasteiger charge is -2.32. The molecule has 3 amide bonds. The van der Waals surface area contributed by atoms with Crippen molar-refractivity contribution < 1.29 is 22.8 Å². The molecule has 0 saturated heterocycles. The van der Waals surface area contributed by atoms with Crippen LogP contribution in [0.15, 0.2) is 77.7 Å². The van der Waals surface area contributed by atoms with Gasteiger partial charge in [0.25, 0.3) is 15.9 Å². The lowest BCUT2D eigenvalue weighted by molar-refractivity contribution is -0.140. The third-order valence-electron chi connectivity index (χ3n) is 6.10. The molecule has 11 heteroatoms. The van der Waals surface area contributed by atoms with Gasteiger partial charge in [-0.2, -0.15) is 0 Å². The average molecular weight is 560 g/mol. The van der Waals surface area contributed by atoms with E-state index in [1.165, 1.54) is 30.1 Å². The number of benzene rings is 3. The number of sulfonamides is 1. The molecule has 4 rings (SSSR count). The molecule has 1 atom stereocenters. The van der Waals surface area contributed by atoms with E-state index in [0.717, 1.165) is 5.56 Å². The van der Waals surface area contributed by atoms with Gasteiger partial charge in [-0.1, -0.05) is 71.7 Å². The molecule has 0 aliphatic carbocycles. The van der Waals surface area contributed by atoms with Crippen molar-refractivity contribution in [3.63, 3.8) is 0 Å². The summed E-state index contributed by atoms with van der Waals surface area (Å²) < 4.78 is 26.7. The second-order valence-corrected chi connectivity index (χ2v) is 11.0. The van der Waals surface area contributed by atoms with Crippen molar-refractivity contribution in [1.29, 1.82) is 0 Å². The fraction of sp³-hybridized carbons (Fsp3) is 0.192. The summed E-state index contributed by atoms with van der Waals surface area (Å²) in [6.07, 6.45) is 0.134. The van der Waals surface area contributed by atoms with E-state index in [4.69, 9.17) is 23.2 Å². The summed E-state index contributed by atoms with van der Waals surface area (Å²) in [6, 6.07) is 18.6. The number of carbonyl (C=O) groups is 3. The fourth-order valence-corrected chi connectivity index (χ4v) is 6.21. The van der Waals surface area contributed by atoms with E-state index >= 15 is 0 Å². The Labute approximate surface area is 224 Å². The van der Waals surface area contributed by atoms with E-state index in [-0.39, 0.29) is 33.5 Å². The van der Waals surface area contributed by atoms with Crippen molar-refractivity contribution >= 4 is 50.9 Å². The number of amides is 3. The molecule has 1 aliphatic heterocycles. The van der Waals surface area contributed by atoms with Crippen LogP contribution >= 0.6 is 23.2 Å². The molecule has 8 nitrogen and oxygen atoms in total. The Morgan fingerprint density at radius 3 is 2.19 bits per heavy atom. The van der Waals surface area contributed by atoms with E-state index < -0.39 is 40.3 Å². The number of halogens is 2. The Morgan fingerprint density at radius 2 is 1.57 bits per heavy atom. The number of hydrogen-bond acceptors (Lipinski definition) is 5. The zero-order valence-corrected chi connectivity index (χ0v) is 22.1. The molecule has 0 fully saturated rings. The van der Waals surface area contributed by atoms with Crippen LogP contribution in [0.2, 0.25) is 10.0 Å². The van der Waals surface area contributed by atoms with Crippen molar-refractivity contribution in [3.05, 3.63) is 99.5 Å². The fourth-order valence-electron chi connectivity index (χ4n) is 4.18. The van der Waals surface area contributed by atoms with E-state index in [9.17, 15) is 22.8 Å². The molecule has 0 unspecified atom stereocenters. The quantitative estimate of drug-likeness (QED) is 0.454. The maximum atomic E-state index is 13.8. The second kappa shape index (κ2) is 10.9. The van der Waals surface area contributed by atoms with Crippen LogP contribution in [0.5, 0.6) is 0 Å². The summed E-state index contributed by atoms with van der Waals surface area (Å²) in [6.45, 7) is -0.975. The van der Waals surface area contributed by atoms with Gasteiger partial charge in [-0.15, -0.1) is 0 Å². The first kappa shape index (κ1) is 26.7. The molecular formula is C26H23Cl2N3O5S. The molecule has 37 heavy (non-hydrogen) atoms. The summed E-state index contributed by atoms with van der Waals surface area (Å²) in [4.78, 5) is 40.8. The zero-order chi connectivity index (χ0) is 26.7. The number of fused-ring (bicyclic) bond motifs is 1. The minimum absolute atomic E-state index is 0.0110. The Morgan fingerprint density at radius 1 is 0.946 bits per heavy atom. The Balaban J connectivity index is 1.73. The lowest BCUT2D eigenvalue weighted by Crippen LogP contribution is -2.52. The number of hydrogen-bond donors (Lipinski definition) is 1. The van der Waals surface area contributed by atoms with Gasteiger partial charge in [-0.3, -0.25) is 14.4 Å². The molecule has 0 bridgehead atoms. The van der Waals surface area contributed by atoms with Crippen molar-refractivity contribution in [1.82, 2.24) is 14.5 Å².